The largest absolute Gasteiger partial charge is 0.482 e. The Morgan fingerprint density at radius 3 is 2.75 bits per heavy atom. The number of benzene rings is 1. The summed E-state index contributed by atoms with van der Waals surface area (Å²) < 4.78 is 6.09. The molecule has 0 unspecified atom stereocenters. The standard InChI is InChI=1S/C14H10BrN3O2/c15-11-5-13(8-17-7-11)20-9-14(19)18-12-3-1-10(6-16)2-4-12/h1-5,7-8H,9H2,(H,18,19). The molecule has 0 aliphatic carbocycles. The maximum Gasteiger partial charge on any atom is 0.262 e. The van der Waals surface area contributed by atoms with Crippen LogP contribution in [-0.4, -0.2) is 17.5 Å². The smallest absolute Gasteiger partial charge is 0.262 e. The normalized spacial score (nSPS) is 9.60. The van der Waals surface area contributed by atoms with Crippen LogP contribution in [0.15, 0.2) is 47.2 Å². The Kier molecular flexibility index (Phi) is 4.69. The number of carbonyl (C=O) groups is 1. The molecule has 20 heavy (non-hydrogen) atoms. The third kappa shape index (κ3) is 4.07. The number of hydrogen-bond donors (Lipinski definition) is 1. The van der Waals surface area contributed by atoms with Crippen LogP contribution in [0, 0.1) is 11.3 Å². The number of anilines is 1. The second-order valence-corrected chi connectivity index (χ2v) is 4.78. The summed E-state index contributed by atoms with van der Waals surface area (Å²) in [4.78, 5) is 15.6. The van der Waals surface area contributed by atoms with Gasteiger partial charge in [-0.05, 0) is 46.3 Å². The fraction of sp³-hybridized carbons (Fsp3) is 0.0714. The number of amides is 1. The summed E-state index contributed by atoms with van der Waals surface area (Å²) in [6.07, 6.45) is 3.16. The van der Waals surface area contributed by atoms with Crippen LogP contribution in [0.2, 0.25) is 0 Å². The zero-order valence-electron chi connectivity index (χ0n) is 10.3. The van der Waals surface area contributed by atoms with Gasteiger partial charge in [0, 0.05) is 16.4 Å². The highest BCUT2D eigenvalue weighted by molar-refractivity contribution is 9.10. The first-order valence-corrected chi connectivity index (χ1v) is 6.50. The Balaban J connectivity index is 1.87. The van der Waals surface area contributed by atoms with Crippen LogP contribution in [0.4, 0.5) is 5.69 Å². The summed E-state index contributed by atoms with van der Waals surface area (Å²) in [6.45, 7) is -0.113. The Hall–Kier alpha value is -2.39. The van der Waals surface area contributed by atoms with Crippen LogP contribution in [0.3, 0.4) is 0 Å². The molecule has 6 heteroatoms. The molecule has 0 spiro atoms. The number of nitriles is 1. The summed E-state index contributed by atoms with van der Waals surface area (Å²) in [6, 6.07) is 10.3. The van der Waals surface area contributed by atoms with E-state index in [1.165, 1.54) is 6.20 Å². The molecule has 2 rings (SSSR count). The van der Waals surface area contributed by atoms with E-state index < -0.39 is 0 Å². The first-order valence-electron chi connectivity index (χ1n) is 5.71. The van der Waals surface area contributed by atoms with E-state index in [0.29, 0.717) is 17.0 Å². The molecule has 0 atom stereocenters. The molecule has 1 aromatic carbocycles. The molecule has 0 aliphatic heterocycles. The highest BCUT2D eigenvalue weighted by Gasteiger charge is 2.04. The van der Waals surface area contributed by atoms with E-state index in [1.54, 1.807) is 36.5 Å². The lowest BCUT2D eigenvalue weighted by Gasteiger charge is -2.07. The molecule has 0 saturated heterocycles. The van der Waals surface area contributed by atoms with E-state index >= 15 is 0 Å². The summed E-state index contributed by atoms with van der Waals surface area (Å²) in [5.74, 6) is 0.226. The van der Waals surface area contributed by atoms with E-state index in [-0.39, 0.29) is 12.5 Å². The molecular weight excluding hydrogens is 322 g/mol. The summed E-state index contributed by atoms with van der Waals surface area (Å²) in [5, 5.41) is 11.3. The highest BCUT2D eigenvalue weighted by atomic mass is 79.9. The van der Waals surface area contributed by atoms with Gasteiger partial charge in [0.05, 0.1) is 17.8 Å². The minimum Gasteiger partial charge on any atom is -0.482 e. The lowest BCUT2D eigenvalue weighted by atomic mass is 10.2. The van der Waals surface area contributed by atoms with Gasteiger partial charge in [-0.3, -0.25) is 9.78 Å². The van der Waals surface area contributed by atoms with Crippen molar-refractivity contribution < 1.29 is 9.53 Å². The monoisotopic (exact) mass is 331 g/mol. The van der Waals surface area contributed by atoms with Crippen LogP contribution in [-0.2, 0) is 4.79 Å². The van der Waals surface area contributed by atoms with Gasteiger partial charge >= 0.3 is 0 Å². The van der Waals surface area contributed by atoms with Crippen LogP contribution >= 0.6 is 15.9 Å². The average molecular weight is 332 g/mol. The van der Waals surface area contributed by atoms with Crippen molar-refractivity contribution in [1.82, 2.24) is 4.98 Å². The first kappa shape index (κ1) is 14.0. The predicted octanol–water partition coefficient (Wildman–Crippen LogP) is 2.73. The Bertz CT molecular complexity index is 650. The molecule has 0 aliphatic rings. The van der Waals surface area contributed by atoms with E-state index in [1.807, 2.05) is 6.07 Å². The summed E-state index contributed by atoms with van der Waals surface area (Å²) in [5.41, 5.74) is 1.16. The molecule has 1 aromatic heterocycles. The van der Waals surface area contributed by atoms with Gasteiger partial charge in [0.15, 0.2) is 6.61 Å². The maximum absolute atomic E-state index is 11.7. The molecule has 1 N–H and O–H groups in total. The minimum absolute atomic E-state index is 0.113. The number of hydrogen-bond acceptors (Lipinski definition) is 4. The van der Waals surface area contributed by atoms with Crippen LogP contribution in [0.5, 0.6) is 5.75 Å². The van der Waals surface area contributed by atoms with Gasteiger partial charge in [-0.15, -0.1) is 0 Å². The van der Waals surface area contributed by atoms with Crippen molar-refractivity contribution >= 4 is 27.5 Å². The van der Waals surface area contributed by atoms with Crippen molar-refractivity contribution in [3.8, 4) is 11.8 Å². The van der Waals surface area contributed by atoms with Gasteiger partial charge in [0.1, 0.15) is 5.75 Å². The zero-order valence-corrected chi connectivity index (χ0v) is 11.9. The minimum atomic E-state index is -0.283. The molecule has 0 fully saturated rings. The Morgan fingerprint density at radius 2 is 2.10 bits per heavy atom. The van der Waals surface area contributed by atoms with Crippen molar-refractivity contribution in [1.29, 1.82) is 5.26 Å². The van der Waals surface area contributed by atoms with Crippen molar-refractivity contribution in [2.24, 2.45) is 0 Å². The van der Waals surface area contributed by atoms with Gasteiger partial charge in [0.2, 0.25) is 0 Å². The van der Waals surface area contributed by atoms with Crippen molar-refractivity contribution in [2.75, 3.05) is 11.9 Å². The molecule has 2 aromatic rings. The number of nitrogens with one attached hydrogen (secondary N) is 1. The van der Waals surface area contributed by atoms with E-state index in [2.05, 4.69) is 26.2 Å². The van der Waals surface area contributed by atoms with Gasteiger partial charge in [-0.1, -0.05) is 0 Å². The first-order chi connectivity index (χ1) is 9.67. The average Bonchev–Trinajstić information content (AvgIpc) is 2.46. The Morgan fingerprint density at radius 1 is 1.35 bits per heavy atom. The third-order valence-electron chi connectivity index (χ3n) is 2.35. The van der Waals surface area contributed by atoms with Crippen molar-refractivity contribution in [3.05, 3.63) is 52.8 Å². The number of nitrogens with zero attached hydrogens (tertiary/aromatic N) is 2. The molecule has 1 amide bonds. The number of halogens is 1. The van der Waals surface area contributed by atoms with Gasteiger partial charge in [-0.25, -0.2) is 0 Å². The third-order valence-corrected chi connectivity index (χ3v) is 2.78. The lowest BCUT2D eigenvalue weighted by Crippen LogP contribution is -2.20. The van der Waals surface area contributed by atoms with Gasteiger partial charge in [-0.2, -0.15) is 5.26 Å². The molecular formula is C14H10BrN3O2. The number of aromatic nitrogens is 1. The van der Waals surface area contributed by atoms with Gasteiger partial charge in [0.25, 0.3) is 5.91 Å². The summed E-state index contributed by atoms with van der Waals surface area (Å²) >= 11 is 3.27. The van der Waals surface area contributed by atoms with Crippen LogP contribution in [0.1, 0.15) is 5.56 Å². The topological polar surface area (TPSA) is 75.0 Å². The number of pyridine rings is 1. The van der Waals surface area contributed by atoms with E-state index in [4.69, 9.17) is 10.00 Å². The molecule has 1 heterocycles. The maximum atomic E-state index is 11.7. The fourth-order valence-corrected chi connectivity index (χ4v) is 1.79. The molecule has 100 valence electrons. The SMILES string of the molecule is N#Cc1ccc(NC(=O)COc2cncc(Br)c2)cc1. The van der Waals surface area contributed by atoms with E-state index in [9.17, 15) is 4.79 Å². The number of carbonyl (C=O) groups excluding carboxylic acids is 1. The zero-order chi connectivity index (χ0) is 14.4. The molecule has 0 bridgehead atoms. The highest BCUT2D eigenvalue weighted by Crippen LogP contribution is 2.15. The number of ether oxygens (including phenoxy) is 1. The summed E-state index contributed by atoms with van der Waals surface area (Å²) in [7, 11) is 0. The van der Waals surface area contributed by atoms with Crippen molar-refractivity contribution in [3.63, 3.8) is 0 Å². The molecule has 0 radical (unpaired) electrons. The van der Waals surface area contributed by atoms with Crippen molar-refractivity contribution in [2.45, 2.75) is 0 Å². The quantitative estimate of drug-likeness (QED) is 0.934. The van der Waals surface area contributed by atoms with Crippen LogP contribution in [0.25, 0.3) is 0 Å². The Labute approximate surface area is 124 Å². The van der Waals surface area contributed by atoms with E-state index in [0.717, 1.165) is 4.47 Å². The molecule has 5 nitrogen and oxygen atoms in total. The predicted molar refractivity (Wildman–Crippen MR) is 77.2 cm³/mol. The number of rotatable bonds is 4. The molecule has 0 saturated carbocycles. The second kappa shape index (κ2) is 6.68. The van der Waals surface area contributed by atoms with Crippen LogP contribution < -0.4 is 10.1 Å². The second-order valence-electron chi connectivity index (χ2n) is 3.86. The fourth-order valence-electron chi connectivity index (χ4n) is 1.45. The lowest BCUT2D eigenvalue weighted by molar-refractivity contribution is -0.118. The van der Waals surface area contributed by atoms with Gasteiger partial charge < -0.3 is 10.1 Å².